The molecule has 2 aliphatic rings. The van der Waals surface area contributed by atoms with Gasteiger partial charge in [0.25, 0.3) is 0 Å². The summed E-state index contributed by atoms with van der Waals surface area (Å²) in [7, 11) is 0. The quantitative estimate of drug-likeness (QED) is 0.864. The Hall–Kier alpha value is -1.68. The number of fused-ring (bicyclic) bond motifs is 1. The molecular weight excluding hydrogens is 264 g/mol. The summed E-state index contributed by atoms with van der Waals surface area (Å²) in [6, 6.07) is 8.49. The fourth-order valence-electron chi connectivity index (χ4n) is 3.51. The first-order valence-electron chi connectivity index (χ1n) is 7.92. The Morgan fingerprint density at radius 2 is 2.00 bits per heavy atom. The highest BCUT2D eigenvalue weighted by Gasteiger charge is 2.26. The maximum absolute atomic E-state index is 5.92. The second-order valence-corrected chi connectivity index (χ2v) is 6.04. The lowest BCUT2D eigenvalue weighted by Gasteiger charge is -2.24. The minimum absolute atomic E-state index is 0.0480. The number of rotatable bonds is 3. The van der Waals surface area contributed by atoms with E-state index in [4.69, 9.17) is 9.26 Å². The van der Waals surface area contributed by atoms with Crippen LogP contribution >= 0.6 is 0 Å². The SMILES string of the molecule is c1ccc2c(c1)CCOC2Cc1nc(C2CCCC2)no1. The van der Waals surface area contributed by atoms with Gasteiger partial charge < -0.3 is 9.26 Å². The molecule has 1 aliphatic carbocycles. The lowest BCUT2D eigenvalue weighted by molar-refractivity contribution is 0.0375. The molecule has 0 amide bonds. The maximum Gasteiger partial charge on any atom is 0.229 e. The van der Waals surface area contributed by atoms with Crippen molar-refractivity contribution in [1.29, 1.82) is 0 Å². The van der Waals surface area contributed by atoms with Crippen LogP contribution in [0, 0.1) is 0 Å². The third-order valence-corrected chi connectivity index (χ3v) is 4.66. The molecule has 0 N–H and O–H groups in total. The number of hydrogen-bond acceptors (Lipinski definition) is 4. The van der Waals surface area contributed by atoms with Crippen LogP contribution in [0.5, 0.6) is 0 Å². The Morgan fingerprint density at radius 3 is 2.90 bits per heavy atom. The summed E-state index contributed by atoms with van der Waals surface area (Å²) in [6.45, 7) is 0.769. The highest BCUT2D eigenvalue weighted by Crippen LogP contribution is 2.33. The third kappa shape index (κ3) is 2.60. The molecule has 1 aromatic heterocycles. The summed E-state index contributed by atoms with van der Waals surface area (Å²) in [5, 5.41) is 4.18. The molecule has 0 spiro atoms. The molecule has 0 radical (unpaired) electrons. The van der Waals surface area contributed by atoms with Gasteiger partial charge in [-0.3, -0.25) is 0 Å². The summed E-state index contributed by atoms with van der Waals surface area (Å²) in [5.41, 5.74) is 2.65. The molecule has 110 valence electrons. The van der Waals surface area contributed by atoms with Gasteiger partial charge in [-0.2, -0.15) is 4.98 Å². The molecule has 2 aromatic rings. The number of nitrogens with zero attached hydrogens (tertiary/aromatic N) is 2. The molecule has 2 heterocycles. The monoisotopic (exact) mass is 284 g/mol. The van der Waals surface area contributed by atoms with Crippen LogP contribution in [0.25, 0.3) is 0 Å². The van der Waals surface area contributed by atoms with Crippen molar-refractivity contribution in [2.45, 2.75) is 50.5 Å². The average Bonchev–Trinajstić information content (AvgIpc) is 3.18. The van der Waals surface area contributed by atoms with Crippen LogP contribution < -0.4 is 0 Å². The minimum atomic E-state index is 0.0480. The zero-order valence-corrected chi connectivity index (χ0v) is 12.1. The Morgan fingerprint density at radius 1 is 1.14 bits per heavy atom. The minimum Gasteiger partial charge on any atom is -0.373 e. The second-order valence-electron chi connectivity index (χ2n) is 6.04. The van der Waals surface area contributed by atoms with Crippen molar-refractivity contribution in [3.63, 3.8) is 0 Å². The van der Waals surface area contributed by atoms with E-state index in [9.17, 15) is 0 Å². The van der Waals surface area contributed by atoms with Crippen LogP contribution in [0.15, 0.2) is 28.8 Å². The third-order valence-electron chi connectivity index (χ3n) is 4.66. The van der Waals surface area contributed by atoms with Gasteiger partial charge in [0.1, 0.15) is 0 Å². The van der Waals surface area contributed by atoms with Crippen LogP contribution in [0.4, 0.5) is 0 Å². The Labute approximate surface area is 124 Å². The van der Waals surface area contributed by atoms with E-state index in [1.807, 2.05) is 0 Å². The highest BCUT2D eigenvalue weighted by molar-refractivity contribution is 5.31. The molecule has 0 saturated heterocycles. The Kier molecular flexibility index (Phi) is 3.47. The van der Waals surface area contributed by atoms with Crippen molar-refractivity contribution in [1.82, 2.24) is 10.1 Å². The molecule has 0 bridgehead atoms. The van der Waals surface area contributed by atoms with Crippen LogP contribution in [-0.4, -0.2) is 16.7 Å². The first kappa shape index (κ1) is 13.0. The van der Waals surface area contributed by atoms with Crippen molar-refractivity contribution in [3.05, 3.63) is 47.1 Å². The topological polar surface area (TPSA) is 48.2 Å². The first-order chi connectivity index (χ1) is 10.4. The van der Waals surface area contributed by atoms with E-state index >= 15 is 0 Å². The average molecular weight is 284 g/mol. The fraction of sp³-hybridized carbons (Fsp3) is 0.529. The molecule has 1 fully saturated rings. The van der Waals surface area contributed by atoms with Gasteiger partial charge in [0.05, 0.1) is 19.1 Å². The number of ether oxygens (including phenoxy) is 1. The zero-order valence-electron chi connectivity index (χ0n) is 12.1. The van der Waals surface area contributed by atoms with Crippen LogP contribution in [0.1, 0.15) is 60.5 Å². The smallest absolute Gasteiger partial charge is 0.229 e. The van der Waals surface area contributed by atoms with Crippen LogP contribution in [0.3, 0.4) is 0 Å². The largest absolute Gasteiger partial charge is 0.373 e. The van der Waals surface area contributed by atoms with Crippen molar-refractivity contribution in [3.8, 4) is 0 Å². The zero-order chi connectivity index (χ0) is 14.1. The lowest BCUT2D eigenvalue weighted by Crippen LogP contribution is -2.18. The second kappa shape index (κ2) is 5.60. The van der Waals surface area contributed by atoms with Gasteiger partial charge in [0.15, 0.2) is 5.82 Å². The van der Waals surface area contributed by atoms with Gasteiger partial charge in [-0.05, 0) is 30.4 Å². The molecule has 1 aromatic carbocycles. The summed E-state index contributed by atoms with van der Waals surface area (Å²) >= 11 is 0. The predicted molar refractivity (Wildman–Crippen MR) is 78.1 cm³/mol. The molecule has 1 aliphatic heterocycles. The summed E-state index contributed by atoms with van der Waals surface area (Å²) in [4.78, 5) is 4.60. The van der Waals surface area contributed by atoms with Gasteiger partial charge in [-0.1, -0.05) is 42.3 Å². The molecule has 4 rings (SSSR count). The molecule has 1 atom stereocenters. The van der Waals surface area contributed by atoms with Gasteiger partial charge in [0, 0.05) is 5.92 Å². The molecule has 21 heavy (non-hydrogen) atoms. The standard InChI is InChI=1S/C17H20N2O2/c1-2-7-13(6-1)17-18-16(21-19-17)11-15-14-8-4-3-5-12(14)9-10-20-15/h3-5,8,13,15H,1-2,6-7,9-11H2. The van der Waals surface area contributed by atoms with Crippen molar-refractivity contribution in [2.24, 2.45) is 0 Å². The van der Waals surface area contributed by atoms with E-state index in [-0.39, 0.29) is 6.10 Å². The Balaban J connectivity index is 1.51. The number of benzene rings is 1. The van der Waals surface area contributed by atoms with E-state index in [2.05, 4.69) is 34.4 Å². The highest BCUT2D eigenvalue weighted by atomic mass is 16.5. The van der Waals surface area contributed by atoms with Gasteiger partial charge in [-0.25, -0.2) is 0 Å². The summed E-state index contributed by atoms with van der Waals surface area (Å²) in [5.74, 6) is 2.10. The number of aromatic nitrogens is 2. The Bertz CT molecular complexity index is 617. The number of hydrogen-bond donors (Lipinski definition) is 0. The normalized spacial score (nSPS) is 22.4. The summed E-state index contributed by atoms with van der Waals surface area (Å²) < 4.78 is 11.4. The van der Waals surface area contributed by atoms with E-state index in [1.165, 1.54) is 36.8 Å². The molecule has 1 unspecified atom stereocenters. The summed E-state index contributed by atoms with van der Waals surface area (Å²) in [6.07, 6.45) is 6.68. The molecule has 4 heteroatoms. The van der Waals surface area contributed by atoms with Crippen molar-refractivity contribution >= 4 is 0 Å². The molecule has 4 nitrogen and oxygen atoms in total. The van der Waals surface area contributed by atoms with Crippen molar-refractivity contribution in [2.75, 3.05) is 6.61 Å². The molecular formula is C17H20N2O2. The van der Waals surface area contributed by atoms with Gasteiger partial charge in [0.2, 0.25) is 5.89 Å². The first-order valence-corrected chi connectivity index (χ1v) is 7.92. The van der Waals surface area contributed by atoms with E-state index in [1.54, 1.807) is 0 Å². The van der Waals surface area contributed by atoms with Crippen LogP contribution in [-0.2, 0) is 17.6 Å². The lowest BCUT2D eigenvalue weighted by atomic mass is 9.96. The van der Waals surface area contributed by atoms with Crippen LogP contribution in [0.2, 0.25) is 0 Å². The van der Waals surface area contributed by atoms with Gasteiger partial charge in [-0.15, -0.1) is 0 Å². The van der Waals surface area contributed by atoms with E-state index in [0.29, 0.717) is 18.2 Å². The van der Waals surface area contributed by atoms with Crippen molar-refractivity contribution < 1.29 is 9.26 Å². The maximum atomic E-state index is 5.92. The predicted octanol–water partition coefficient (Wildman–Crippen LogP) is 3.58. The fourth-order valence-corrected chi connectivity index (χ4v) is 3.51. The molecule has 1 saturated carbocycles. The van der Waals surface area contributed by atoms with Gasteiger partial charge >= 0.3 is 0 Å². The van der Waals surface area contributed by atoms with E-state index < -0.39 is 0 Å². The van der Waals surface area contributed by atoms with E-state index in [0.717, 1.165) is 18.9 Å².